The van der Waals surface area contributed by atoms with E-state index in [2.05, 4.69) is 24.3 Å². The van der Waals surface area contributed by atoms with Gasteiger partial charge in [-0.3, -0.25) is 0 Å². The molecule has 162 valence electrons. The zero-order valence-electron chi connectivity index (χ0n) is 19.4. The molecular formula is C26H34O4. The molecule has 3 aromatic carbocycles. The molecule has 0 radical (unpaired) electrons. The van der Waals surface area contributed by atoms with Crippen molar-refractivity contribution in [2.24, 2.45) is 0 Å². The van der Waals surface area contributed by atoms with E-state index >= 15 is 0 Å². The van der Waals surface area contributed by atoms with E-state index in [0.717, 1.165) is 21.5 Å². The van der Waals surface area contributed by atoms with Crippen molar-refractivity contribution in [3.8, 4) is 23.0 Å². The molecule has 0 aliphatic carbocycles. The van der Waals surface area contributed by atoms with E-state index in [9.17, 15) is 0 Å². The SMILES string of the molecule is CC(C)Oc1c(OC(C)C)c(OC(C)C)c2cc3ccccc3cc2c1OC(C)C. The smallest absolute Gasteiger partial charge is 0.208 e. The monoisotopic (exact) mass is 410 g/mol. The molecule has 0 fully saturated rings. The first-order chi connectivity index (χ1) is 14.2. The van der Waals surface area contributed by atoms with Crippen molar-refractivity contribution in [1.29, 1.82) is 0 Å². The Balaban J connectivity index is 2.48. The summed E-state index contributed by atoms with van der Waals surface area (Å²) in [6.45, 7) is 16.1. The van der Waals surface area contributed by atoms with Crippen LogP contribution in [0, 0.1) is 0 Å². The molecule has 0 bridgehead atoms. The van der Waals surface area contributed by atoms with Crippen LogP contribution in [-0.4, -0.2) is 24.4 Å². The topological polar surface area (TPSA) is 36.9 Å². The summed E-state index contributed by atoms with van der Waals surface area (Å²) in [5, 5.41) is 4.21. The number of fused-ring (bicyclic) bond motifs is 2. The highest BCUT2D eigenvalue weighted by molar-refractivity contribution is 6.06. The Morgan fingerprint density at radius 3 is 1.07 bits per heavy atom. The van der Waals surface area contributed by atoms with E-state index < -0.39 is 0 Å². The Hall–Kier alpha value is -2.62. The second kappa shape index (κ2) is 9.03. The average Bonchev–Trinajstić information content (AvgIpc) is 2.64. The van der Waals surface area contributed by atoms with Crippen LogP contribution in [-0.2, 0) is 0 Å². The van der Waals surface area contributed by atoms with Gasteiger partial charge in [-0.05, 0) is 78.3 Å². The number of hydrogen-bond donors (Lipinski definition) is 0. The van der Waals surface area contributed by atoms with Crippen molar-refractivity contribution in [2.45, 2.75) is 79.8 Å². The molecule has 0 heterocycles. The van der Waals surface area contributed by atoms with Gasteiger partial charge < -0.3 is 18.9 Å². The molecular weight excluding hydrogens is 376 g/mol. The van der Waals surface area contributed by atoms with Crippen molar-refractivity contribution < 1.29 is 18.9 Å². The molecule has 0 amide bonds. The van der Waals surface area contributed by atoms with Crippen molar-refractivity contribution in [1.82, 2.24) is 0 Å². The van der Waals surface area contributed by atoms with Gasteiger partial charge in [0.1, 0.15) is 0 Å². The van der Waals surface area contributed by atoms with Crippen LogP contribution in [0.1, 0.15) is 55.4 Å². The number of rotatable bonds is 8. The molecule has 0 N–H and O–H groups in total. The van der Waals surface area contributed by atoms with Crippen LogP contribution in [0.25, 0.3) is 21.5 Å². The lowest BCUT2D eigenvalue weighted by atomic mass is 10.0. The first kappa shape index (κ1) is 22.1. The molecule has 0 saturated heterocycles. The minimum absolute atomic E-state index is 0.0158. The van der Waals surface area contributed by atoms with Crippen molar-refractivity contribution in [2.75, 3.05) is 0 Å². The molecule has 0 unspecified atom stereocenters. The lowest BCUT2D eigenvalue weighted by Gasteiger charge is -2.26. The molecule has 4 nitrogen and oxygen atoms in total. The van der Waals surface area contributed by atoms with Crippen LogP contribution in [0.2, 0.25) is 0 Å². The second-order valence-corrected chi connectivity index (χ2v) is 8.73. The summed E-state index contributed by atoms with van der Waals surface area (Å²) in [6.07, 6.45) is -0.117. The van der Waals surface area contributed by atoms with E-state index in [1.54, 1.807) is 0 Å². The Labute approximate surface area is 180 Å². The third kappa shape index (κ3) is 4.75. The van der Waals surface area contributed by atoms with Gasteiger partial charge in [0.25, 0.3) is 0 Å². The van der Waals surface area contributed by atoms with E-state index in [1.165, 1.54) is 0 Å². The van der Waals surface area contributed by atoms with Crippen LogP contribution < -0.4 is 18.9 Å². The van der Waals surface area contributed by atoms with Crippen LogP contribution in [0.15, 0.2) is 36.4 Å². The normalized spacial score (nSPS) is 11.9. The second-order valence-electron chi connectivity index (χ2n) is 8.73. The Kier molecular flexibility index (Phi) is 6.64. The molecule has 0 spiro atoms. The third-order valence-electron chi connectivity index (χ3n) is 4.41. The Morgan fingerprint density at radius 1 is 0.467 bits per heavy atom. The standard InChI is InChI=1S/C26H34O4/c1-15(2)27-23-21-13-19-11-9-10-12-20(19)14-22(21)24(28-16(3)4)26(30-18(7)8)25(23)29-17(5)6/h9-18H,1-8H3. The van der Waals surface area contributed by atoms with Crippen LogP contribution in [0.3, 0.4) is 0 Å². The van der Waals surface area contributed by atoms with E-state index in [4.69, 9.17) is 18.9 Å². The fourth-order valence-corrected chi connectivity index (χ4v) is 3.46. The number of hydrogen-bond acceptors (Lipinski definition) is 4. The Bertz CT molecular complexity index is 937. The summed E-state index contributed by atoms with van der Waals surface area (Å²) in [7, 11) is 0. The van der Waals surface area contributed by atoms with Crippen molar-refractivity contribution >= 4 is 21.5 Å². The molecule has 0 aromatic heterocycles. The van der Waals surface area contributed by atoms with Gasteiger partial charge in [-0.2, -0.15) is 0 Å². The summed E-state index contributed by atoms with van der Waals surface area (Å²) < 4.78 is 25.2. The predicted molar refractivity (Wildman–Crippen MR) is 125 cm³/mol. The van der Waals surface area contributed by atoms with Crippen LogP contribution in [0.5, 0.6) is 23.0 Å². The minimum atomic E-state index is -0.0427. The molecule has 0 aliphatic rings. The average molecular weight is 411 g/mol. The molecule has 3 rings (SSSR count). The predicted octanol–water partition coefficient (Wildman–Crippen LogP) is 7.14. The van der Waals surface area contributed by atoms with Gasteiger partial charge in [0.05, 0.1) is 24.4 Å². The maximum absolute atomic E-state index is 6.33. The van der Waals surface area contributed by atoms with Gasteiger partial charge in [0.2, 0.25) is 11.5 Å². The number of benzene rings is 3. The lowest BCUT2D eigenvalue weighted by Crippen LogP contribution is -2.16. The molecule has 3 aromatic rings. The number of ether oxygens (including phenoxy) is 4. The fourth-order valence-electron chi connectivity index (χ4n) is 3.46. The fraction of sp³-hybridized carbons (Fsp3) is 0.462. The lowest BCUT2D eigenvalue weighted by molar-refractivity contribution is 0.165. The van der Waals surface area contributed by atoms with Crippen LogP contribution in [0.4, 0.5) is 0 Å². The van der Waals surface area contributed by atoms with Gasteiger partial charge in [-0.25, -0.2) is 0 Å². The maximum Gasteiger partial charge on any atom is 0.208 e. The molecule has 0 atom stereocenters. The van der Waals surface area contributed by atoms with Gasteiger partial charge >= 0.3 is 0 Å². The maximum atomic E-state index is 6.33. The molecule has 0 aliphatic heterocycles. The largest absolute Gasteiger partial charge is 0.486 e. The van der Waals surface area contributed by atoms with Gasteiger partial charge in [-0.1, -0.05) is 24.3 Å². The van der Waals surface area contributed by atoms with Crippen molar-refractivity contribution in [3.63, 3.8) is 0 Å². The summed E-state index contributed by atoms with van der Waals surface area (Å²) in [5.74, 6) is 2.61. The molecule has 0 saturated carbocycles. The molecule has 30 heavy (non-hydrogen) atoms. The summed E-state index contributed by atoms with van der Waals surface area (Å²) in [5.41, 5.74) is 0. The quantitative estimate of drug-likeness (QED) is 0.370. The molecule has 4 heteroatoms. The first-order valence-electron chi connectivity index (χ1n) is 10.9. The van der Waals surface area contributed by atoms with Crippen LogP contribution >= 0.6 is 0 Å². The first-order valence-corrected chi connectivity index (χ1v) is 10.9. The highest BCUT2D eigenvalue weighted by Crippen LogP contribution is 2.53. The van der Waals surface area contributed by atoms with Gasteiger partial charge in [-0.15, -0.1) is 0 Å². The van der Waals surface area contributed by atoms with E-state index in [0.29, 0.717) is 23.0 Å². The van der Waals surface area contributed by atoms with Gasteiger partial charge in [0, 0.05) is 10.8 Å². The third-order valence-corrected chi connectivity index (χ3v) is 4.41. The summed E-state index contributed by atoms with van der Waals surface area (Å²) in [6, 6.07) is 12.6. The minimum Gasteiger partial charge on any atom is -0.486 e. The zero-order valence-corrected chi connectivity index (χ0v) is 19.4. The van der Waals surface area contributed by atoms with Crippen molar-refractivity contribution in [3.05, 3.63) is 36.4 Å². The van der Waals surface area contributed by atoms with E-state index in [1.807, 2.05) is 67.5 Å². The Morgan fingerprint density at radius 2 is 0.767 bits per heavy atom. The van der Waals surface area contributed by atoms with Gasteiger partial charge in [0.15, 0.2) is 11.5 Å². The van der Waals surface area contributed by atoms with E-state index in [-0.39, 0.29) is 24.4 Å². The zero-order chi connectivity index (χ0) is 22.0. The highest BCUT2D eigenvalue weighted by atomic mass is 16.6. The summed E-state index contributed by atoms with van der Waals surface area (Å²) in [4.78, 5) is 0. The summed E-state index contributed by atoms with van der Waals surface area (Å²) >= 11 is 0. The highest BCUT2D eigenvalue weighted by Gasteiger charge is 2.27.